The number of carbonyl (C=O) groups is 1. The third kappa shape index (κ3) is 2.75. The zero-order valence-corrected chi connectivity index (χ0v) is 11.3. The number of likely N-dealkylation sites (tertiary alicyclic amines) is 1. The van der Waals surface area contributed by atoms with Gasteiger partial charge in [0.25, 0.3) is 5.91 Å². The number of carbonyl (C=O) groups excluding carboxylic acids is 1. The molecule has 1 atom stereocenters. The average Bonchev–Trinajstić information content (AvgIpc) is 3.12. The van der Waals surface area contributed by atoms with Crippen molar-refractivity contribution in [3.8, 4) is 6.01 Å². The zero-order valence-electron chi connectivity index (χ0n) is 10.5. The Bertz CT molecular complexity index is 585. The van der Waals surface area contributed by atoms with Gasteiger partial charge in [-0.05, 0) is 12.1 Å². The summed E-state index contributed by atoms with van der Waals surface area (Å²) in [4.78, 5) is 21.7. The number of amides is 1. The van der Waals surface area contributed by atoms with Gasteiger partial charge in [-0.1, -0.05) is 11.6 Å². The van der Waals surface area contributed by atoms with Crippen molar-refractivity contribution in [2.75, 3.05) is 13.1 Å². The summed E-state index contributed by atoms with van der Waals surface area (Å²) in [5.41, 5.74) is 0. The Labute approximate surface area is 120 Å². The molecule has 3 rings (SSSR count). The van der Waals surface area contributed by atoms with Crippen LogP contribution in [0, 0.1) is 0 Å². The van der Waals surface area contributed by atoms with E-state index in [0.717, 1.165) is 6.42 Å². The van der Waals surface area contributed by atoms with Crippen LogP contribution < -0.4 is 4.74 Å². The summed E-state index contributed by atoms with van der Waals surface area (Å²) in [6.07, 6.45) is 5.06. The first kappa shape index (κ1) is 12.9. The van der Waals surface area contributed by atoms with Gasteiger partial charge in [0.05, 0.1) is 30.2 Å². The van der Waals surface area contributed by atoms with E-state index in [9.17, 15) is 4.79 Å². The van der Waals surface area contributed by atoms with Crippen LogP contribution in [0.2, 0.25) is 5.02 Å². The number of nitrogens with zero attached hydrogens (tertiary/aromatic N) is 3. The van der Waals surface area contributed by atoms with Gasteiger partial charge < -0.3 is 14.1 Å². The molecule has 0 bridgehead atoms. The fraction of sp³-hybridized carbons (Fsp3) is 0.308. The van der Waals surface area contributed by atoms with E-state index in [-0.39, 0.29) is 18.0 Å². The maximum atomic E-state index is 12.1. The van der Waals surface area contributed by atoms with Gasteiger partial charge in [-0.25, -0.2) is 9.97 Å². The summed E-state index contributed by atoms with van der Waals surface area (Å²) in [6, 6.07) is 3.61. The molecule has 104 valence electrons. The lowest BCUT2D eigenvalue weighted by molar-refractivity contribution is 0.0738. The number of hydrogen-bond acceptors (Lipinski definition) is 5. The van der Waals surface area contributed by atoms with Gasteiger partial charge in [0.1, 0.15) is 6.10 Å². The van der Waals surface area contributed by atoms with Crippen molar-refractivity contribution in [2.45, 2.75) is 12.5 Å². The molecule has 20 heavy (non-hydrogen) atoms. The average molecular weight is 294 g/mol. The van der Waals surface area contributed by atoms with Crippen molar-refractivity contribution in [3.63, 3.8) is 0 Å². The van der Waals surface area contributed by atoms with E-state index in [4.69, 9.17) is 20.8 Å². The lowest BCUT2D eigenvalue weighted by Crippen LogP contribution is -2.30. The number of halogens is 1. The van der Waals surface area contributed by atoms with Gasteiger partial charge in [0.2, 0.25) is 0 Å². The minimum absolute atomic E-state index is 0.116. The highest BCUT2D eigenvalue weighted by Gasteiger charge is 2.29. The molecule has 1 aliphatic heterocycles. The van der Waals surface area contributed by atoms with Crippen molar-refractivity contribution in [3.05, 3.63) is 41.6 Å². The van der Waals surface area contributed by atoms with Crippen LogP contribution in [0.4, 0.5) is 0 Å². The first-order chi connectivity index (χ1) is 9.72. The van der Waals surface area contributed by atoms with E-state index in [2.05, 4.69) is 9.97 Å². The van der Waals surface area contributed by atoms with Crippen LogP contribution in [-0.2, 0) is 0 Å². The summed E-state index contributed by atoms with van der Waals surface area (Å²) < 4.78 is 10.7. The smallest absolute Gasteiger partial charge is 0.316 e. The van der Waals surface area contributed by atoms with Gasteiger partial charge in [0, 0.05) is 13.0 Å². The molecule has 1 aliphatic rings. The molecule has 0 radical (unpaired) electrons. The lowest BCUT2D eigenvalue weighted by atomic mass is 10.3. The fourth-order valence-corrected chi connectivity index (χ4v) is 2.17. The second kappa shape index (κ2) is 5.50. The predicted octanol–water partition coefficient (Wildman–Crippen LogP) is 2.02. The molecule has 1 fully saturated rings. The topological polar surface area (TPSA) is 68.5 Å². The van der Waals surface area contributed by atoms with Gasteiger partial charge in [0.15, 0.2) is 5.76 Å². The Morgan fingerprint density at radius 2 is 2.25 bits per heavy atom. The van der Waals surface area contributed by atoms with Crippen LogP contribution in [0.1, 0.15) is 17.0 Å². The molecule has 2 aromatic heterocycles. The lowest BCUT2D eigenvalue weighted by Gasteiger charge is -2.15. The predicted molar refractivity (Wildman–Crippen MR) is 70.7 cm³/mol. The maximum Gasteiger partial charge on any atom is 0.316 e. The highest BCUT2D eigenvalue weighted by molar-refractivity contribution is 6.30. The molecule has 0 saturated carbocycles. The summed E-state index contributed by atoms with van der Waals surface area (Å²) in [6.45, 7) is 1.11. The van der Waals surface area contributed by atoms with Crippen molar-refractivity contribution < 1.29 is 13.9 Å². The zero-order chi connectivity index (χ0) is 13.9. The largest absolute Gasteiger partial charge is 0.459 e. The number of furan rings is 1. The fourth-order valence-electron chi connectivity index (χ4n) is 2.08. The third-order valence-electron chi connectivity index (χ3n) is 3.03. The molecule has 0 N–H and O–H groups in total. The van der Waals surface area contributed by atoms with Crippen molar-refractivity contribution >= 4 is 17.5 Å². The molecule has 6 nitrogen and oxygen atoms in total. The maximum absolute atomic E-state index is 12.1. The van der Waals surface area contributed by atoms with Crippen molar-refractivity contribution in [1.82, 2.24) is 14.9 Å². The monoisotopic (exact) mass is 293 g/mol. The summed E-state index contributed by atoms with van der Waals surface area (Å²) in [7, 11) is 0. The number of hydrogen-bond donors (Lipinski definition) is 0. The highest BCUT2D eigenvalue weighted by atomic mass is 35.5. The Kier molecular flexibility index (Phi) is 3.56. The number of aromatic nitrogens is 2. The molecule has 0 aromatic carbocycles. The third-order valence-corrected chi connectivity index (χ3v) is 3.23. The first-order valence-corrected chi connectivity index (χ1v) is 6.57. The summed E-state index contributed by atoms with van der Waals surface area (Å²) in [5.74, 6) is 0.214. The molecule has 1 saturated heterocycles. The first-order valence-electron chi connectivity index (χ1n) is 6.19. The SMILES string of the molecule is O=C(c1ccco1)N1CCC(Oc2ncc(Cl)cn2)C1. The van der Waals surface area contributed by atoms with Crippen molar-refractivity contribution in [1.29, 1.82) is 0 Å². The molecule has 3 heterocycles. The van der Waals surface area contributed by atoms with E-state index in [1.54, 1.807) is 17.0 Å². The number of ether oxygens (including phenoxy) is 1. The molecule has 1 unspecified atom stereocenters. The van der Waals surface area contributed by atoms with Gasteiger partial charge >= 0.3 is 6.01 Å². The van der Waals surface area contributed by atoms with E-state index >= 15 is 0 Å². The standard InChI is InChI=1S/C13H12ClN3O3/c14-9-6-15-13(16-7-9)20-10-3-4-17(8-10)12(18)11-2-1-5-19-11/h1-2,5-7,10H,3-4,8H2. The highest BCUT2D eigenvalue weighted by Crippen LogP contribution is 2.18. The van der Waals surface area contributed by atoms with Crippen LogP contribution >= 0.6 is 11.6 Å². The van der Waals surface area contributed by atoms with E-state index in [0.29, 0.717) is 23.9 Å². The van der Waals surface area contributed by atoms with Crippen LogP contribution in [-0.4, -0.2) is 40.0 Å². The molecular weight excluding hydrogens is 282 g/mol. The Hall–Kier alpha value is -2.08. The second-order valence-electron chi connectivity index (χ2n) is 4.44. The summed E-state index contributed by atoms with van der Waals surface area (Å²) in [5, 5.41) is 0.457. The van der Waals surface area contributed by atoms with Crippen LogP contribution in [0.25, 0.3) is 0 Å². The van der Waals surface area contributed by atoms with E-state index in [1.807, 2.05) is 0 Å². The molecule has 1 amide bonds. The normalized spacial score (nSPS) is 18.2. The Balaban J connectivity index is 1.59. The van der Waals surface area contributed by atoms with E-state index in [1.165, 1.54) is 18.7 Å². The quantitative estimate of drug-likeness (QED) is 0.866. The van der Waals surface area contributed by atoms with Crippen LogP contribution in [0.5, 0.6) is 6.01 Å². The minimum Gasteiger partial charge on any atom is -0.459 e. The van der Waals surface area contributed by atoms with Gasteiger partial charge in [-0.15, -0.1) is 0 Å². The molecule has 0 aliphatic carbocycles. The van der Waals surface area contributed by atoms with Crippen LogP contribution in [0.3, 0.4) is 0 Å². The Morgan fingerprint density at radius 1 is 1.45 bits per heavy atom. The molecule has 0 spiro atoms. The van der Waals surface area contributed by atoms with E-state index < -0.39 is 0 Å². The summed E-state index contributed by atoms with van der Waals surface area (Å²) >= 11 is 5.71. The minimum atomic E-state index is -0.127. The Morgan fingerprint density at radius 3 is 2.95 bits per heavy atom. The second-order valence-corrected chi connectivity index (χ2v) is 4.88. The van der Waals surface area contributed by atoms with Gasteiger partial charge in [-0.3, -0.25) is 4.79 Å². The van der Waals surface area contributed by atoms with Crippen LogP contribution in [0.15, 0.2) is 35.2 Å². The van der Waals surface area contributed by atoms with Gasteiger partial charge in [-0.2, -0.15) is 0 Å². The molecular formula is C13H12ClN3O3. The number of rotatable bonds is 3. The molecule has 2 aromatic rings. The molecule has 7 heteroatoms. The van der Waals surface area contributed by atoms with Crippen molar-refractivity contribution in [2.24, 2.45) is 0 Å².